The number of hydrogen-bond acceptors (Lipinski definition) is 4. The average molecular weight is 171 g/mol. The molecule has 4 heteroatoms. The highest BCUT2D eigenvalue weighted by Crippen LogP contribution is 2.04. The quantitative estimate of drug-likeness (QED) is 0.552. The summed E-state index contributed by atoms with van der Waals surface area (Å²) in [5.74, 6) is -0.303. The van der Waals surface area contributed by atoms with Crippen molar-refractivity contribution >= 4 is 23.1 Å². The number of carbonyl (C=O) groups is 1. The van der Waals surface area contributed by atoms with Crippen molar-refractivity contribution in [2.45, 2.75) is 13.3 Å². The van der Waals surface area contributed by atoms with E-state index in [4.69, 9.17) is 17.1 Å². The fourth-order valence-corrected chi connectivity index (χ4v) is 0.938. The lowest BCUT2D eigenvalue weighted by Gasteiger charge is -2.20. The van der Waals surface area contributed by atoms with Crippen LogP contribution in [0.15, 0.2) is 12.3 Å². The van der Waals surface area contributed by atoms with Crippen molar-refractivity contribution in [2.24, 2.45) is 0 Å². The highest BCUT2D eigenvalue weighted by atomic mass is 32.1. The Morgan fingerprint density at radius 3 is 3.00 bits per heavy atom. The normalized spacial score (nSPS) is 16.8. The van der Waals surface area contributed by atoms with Gasteiger partial charge < -0.3 is 4.84 Å². The van der Waals surface area contributed by atoms with E-state index in [1.54, 1.807) is 12.3 Å². The molecule has 0 unspecified atom stereocenters. The minimum absolute atomic E-state index is 0.303. The molecule has 0 bridgehead atoms. The van der Waals surface area contributed by atoms with Crippen molar-refractivity contribution in [3.05, 3.63) is 12.3 Å². The van der Waals surface area contributed by atoms with E-state index in [2.05, 4.69) is 0 Å². The summed E-state index contributed by atoms with van der Waals surface area (Å²) in [5.41, 5.74) is 0. The van der Waals surface area contributed by atoms with Gasteiger partial charge >= 0.3 is 5.97 Å². The predicted octanol–water partition coefficient (Wildman–Crippen LogP) is 1.05. The topological polar surface area (TPSA) is 29.5 Å². The molecule has 0 atom stereocenters. The van der Waals surface area contributed by atoms with Gasteiger partial charge in [-0.15, -0.1) is 0 Å². The largest absolute Gasteiger partial charge is 0.342 e. The molecule has 0 aliphatic carbocycles. The molecule has 0 amide bonds. The molecule has 60 valence electrons. The third-order valence-corrected chi connectivity index (χ3v) is 1.59. The number of allylic oxidation sites excluding steroid dienone is 1. The molecule has 0 radical (unpaired) electrons. The van der Waals surface area contributed by atoms with E-state index in [-0.39, 0.29) is 5.97 Å². The van der Waals surface area contributed by atoms with Gasteiger partial charge in [0.05, 0.1) is 6.54 Å². The first-order chi connectivity index (χ1) is 5.18. The first-order valence-corrected chi connectivity index (χ1v) is 3.75. The van der Waals surface area contributed by atoms with E-state index in [9.17, 15) is 4.79 Å². The lowest BCUT2D eigenvalue weighted by atomic mass is 10.2. The lowest BCUT2D eigenvalue weighted by Crippen LogP contribution is -2.26. The van der Waals surface area contributed by atoms with E-state index >= 15 is 0 Å². The van der Waals surface area contributed by atoms with Gasteiger partial charge in [0.1, 0.15) is 0 Å². The molecule has 0 spiro atoms. The molecule has 0 N–H and O–H groups in total. The summed E-state index contributed by atoms with van der Waals surface area (Å²) in [6, 6.07) is 0. The molecular formula is C7H9NO2S. The van der Waals surface area contributed by atoms with Crippen molar-refractivity contribution in [1.29, 1.82) is 0 Å². The minimum atomic E-state index is -0.303. The zero-order valence-corrected chi connectivity index (χ0v) is 7.06. The second-order valence-electron chi connectivity index (χ2n) is 2.26. The summed E-state index contributed by atoms with van der Waals surface area (Å²) in [6.07, 6.45) is 4.22. The Balaban J connectivity index is 2.44. The Hall–Kier alpha value is -0.900. The fourth-order valence-electron chi connectivity index (χ4n) is 0.786. The summed E-state index contributed by atoms with van der Waals surface area (Å²) < 4.78 is 0. The van der Waals surface area contributed by atoms with Crippen LogP contribution in [0.3, 0.4) is 0 Å². The molecule has 0 aromatic heterocycles. The smallest absolute Gasteiger partial charge is 0.329 e. The van der Waals surface area contributed by atoms with Crippen LogP contribution >= 0.6 is 12.2 Å². The monoisotopic (exact) mass is 171 g/mol. The SMILES string of the molecule is CC(=O)ON1C=CC(=S)CC1. The number of nitrogens with zero attached hydrogens (tertiary/aromatic N) is 1. The Kier molecular flexibility index (Phi) is 2.59. The Morgan fingerprint density at radius 1 is 1.82 bits per heavy atom. The second-order valence-corrected chi connectivity index (χ2v) is 2.78. The third kappa shape index (κ3) is 2.67. The van der Waals surface area contributed by atoms with Crippen molar-refractivity contribution < 1.29 is 9.63 Å². The molecule has 11 heavy (non-hydrogen) atoms. The molecule has 1 aliphatic rings. The first kappa shape index (κ1) is 8.20. The Labute approximate surface area is 70.6 Å². The van der Waals surface area contributed by atoms with Gasteiger partial charge in [-0.2, -0.15) is 0 Å². The molecule has 0 fully saturated rings. The van der Waals surface area contributed by atoms with Crippen LogP contribution in [0.5, 0.6) is 0 Å². The van der Waals surface area contributed by atoms with Crippen LogP contribution in [0, 0.1) is 0 Å². The Bertz CT molecular complexity index is 212. The molecule has 0 saturated carbocycles. The molecule has 1 rings (SSSR count). The van der Waals surface area contributed by atoms with E-state index < -0.39 is 0 Å². The van der Waals surface area contributed by atoms with Crippen LogP contribution in [0.4, 0.5) is 0 Å². The average Bonchev–Trinajstić information content (AvgIpc) is 1.93. The molecule has 3 nitrogen and oxygen atoms in total. The van der Waals surface area contributed by atoms with Crippen molar-refractivity contribution in [2.75, 3.05) is 6.54 Å². The molecule has 0 saturated heterocycles. The maximum atomic E-state index is 10.5. The maximum absolute atomic E-state index is 10.5. The lowest BCUT2D eigenvalue weighted by molar-refractivity contribution is -0.175. The van der Waals surface area contributed by atoms with E-state index in [0.29, 0.717) is 6.54 Å². The molecule has 1 heterocycles. The number of carbonyl (C=O) groups excluding carboxylic acids is 1. The van der Waals surface area contributed by atoms with E-state index in [1.807, 2.05) is 0 Å². The first-order valence-electron chi connectivity index (χ1n) is 3.34. The summed E-state index contributed by atoms with van der Waals surface area (Å²) in [5, 5.41) is 1.48. The number of hydrogen-bond donors (Lipinski definition) is 0. The van der Waals surface area contributed by atoms with Gasteiger partial charge in [0.2, 0.25) is 0 Å². The van der Waals surface area contributed by atoms with Crippen LogP contribution < -0.4 is 0 Å². The molecule has 1 aliphatic heterocycles. The van der Waals surface area contributed by atoms with Crippen LogP contribution in [-0.2, 0) is 9.63 Å². The second kappa shape index (κ2) is 3.48. The number of thiocarbonyl (C=S) groups is 1. The highest BCUT2D eigenvalue weighted by molar-refractivity contribution is 7.80. The fraction of sp³-hybridized carbons (Fsp3) is 0.429. The molecular weight excluding hydrogens is 162 g/mol. The maximum Gasteiger partial charge on any atom is 0.329 e. The van der Waals surface area contributed by atoms with Crippen molar-refractivity contribution in [3.63, 3.8) is 0 Å². The molecule has 0 aromatic rings. The number of hydroxylamine groups is 2. The van der Waals surface area contributed by atoms with Gasteiger partial charge in [-0.3, -0.25) is 4.79 Å². The highest BCUT2D eigenvalue weighted by Gasteiger charge is 2.08. The van der Waals surface area contributed by atoms with Gasteiger partial charge in [0, 0.05) is 24.4 Å². The zero-order valence-electron chi connectivity index (χ0n) is 6.24. The van der Waals surface area contributed by atoms with Gasteiger partial charge in [-0.25, -0.2) is 5.06 Å². The van der Waals surface area contributed by atoms with Crippen molar-refractivity contribution in [3.8, 4) is 0 Å². The van der Waals surface area contributed by atoms with Gasteiger partial charge in [0.15, 0.2) is 0 Å². The summed E-state index contributed by atoms with van der Waals surface area (Å²) in [4.78, 5) is 16.1. The van der Waals surface area contributed by atoms with Crippen molar-refractivity contribution in [1.82, 2.24) is 5.06 Å². The number of rotatable bonds is 1. The minimum Gasteiger partial charge on any atom is -0.342 e. The zero-order chi connectivity index (χ0) is 8.27. The van der Waals surface area contributed by atoms with E-state index in [1.165, 1.54) is 12.0 Å². The Morgan fingerprint density at radius 2 is 2.55 bits per heavy atom. The standard InChI is InChI=1S/C7H9NO2S/c1-6(9)10-8-4-2-7(11)3-5-8/h2,4H,3,5H2,1H3. The molecule has 0 aromatic carbocycles. The van der Waals surface area contributed by atoms with E-state index in [0.717, 1.165) is 11.3 Å². The summed E-state index contributed by atoms with van der Waals surface area (Å²) in [7, 11) is 0. The van der Waals surface area contributed by atoms with Crippen LogP contribution in [0.2, 0.25) is 0 Å². The summed E-state index contributed by atoms with van der Waals surface area (Å²) >= 11 is 4.92. The third-order valence-electron chi connectivity index (χ3n) is 1.25. The van der Waals surface area contributed by atoms with Gasteiger partial charge in [-0.1, -0.05) is 12.2 Å². The van der Waals surface area contributed by atoms with Crippen LogP contribution in [0.25, 0.3) is 0 Å². The van der Waals surface area contributed by atoms with Crippen LogP contribution in [-0.4, -0.2) is 22.4 Å². The van der Waals surface area contributed by atoms with Gasteiger partial charge in [0.25, 0.3) is 0 Å². The summed E-state index contributed by atoms with van der Waals surface area (Å²) in [6.45, 7) is 2.04. The van der Waals surface area contributed by atoms with Gasteiger partial charge in [-0.05, 0) is 6.08 Å². The van der Waals surface area contributed by atoms with Crippen LogP contribution in [0.1, 0.15) is 13.3 Å². The predicted molar refractivity (Wildman–Crippen MR) is 44.8 cm³/mol.